The lowest BCUT2D eigenvalue weighted by molar-refractivity contribution is -0.120. The molecule has 4 aromatic rings. The van der Waals surface area contributed by atoms with Crippen LogP contribution in [0.1, 0.15) is 39.5 Å². The third-order valence-electron chi connectivity index (χ3n) is 6.70. The Bertz CT molecular complexity index is 1680. The van der Waals surface area contributed by atoms with Crippen molar-refractivity contribution in [1.82, 2.24) is 10.6 Å². The molecule has 0 unspecified atom stereocenters. The van der Waals surface area contributed by atoms with E-state index in [1.807, 2.05) is 37.3 Å². The summed E-state index contributed by atoms with van der Waals surface area (Å²) in [4.78, 5) is 26.1. The van der Waals surface area contributed by atoms with Gasteiger partial charge in [-0.15, -0.1) is 0 Å². The fourth-order valence-corrected chi connectivity index (χ4v) is 4.92. The number of rotatable bonds is 11. The molecule has 0 aliphatic heterocycles. The first-order valence-electron chi connectivity index (χ1n) is 13.5. The smallest absolute Gasteiger partial charge is 0.251 e. The van der Waals surface area contributed by atoms with Crippen LogP contribution in [0.25, 0.3) is 11.1 Å². The number of benzene rings is 4. The van der Waals surface area contributed by atoms with Crippen molar-refractivity contribution in [2.45, 2.75) is 26.4 Å². The van der Waals surface area contributed by atoms with Gasteiger partial charge in [-0.2, -0.15) is 0 Å². The maximum atomic E-state index is 14.5. The first-order valence-corrected chi connectivity index (χ1v) is 13.9. The number of aromatic hydroxyl groups is 1. The van der Waals surface area contributed by atoms with Crippen LogP contribution in [0.3, 0.4) is 0 Å². The van der Waals surface area contributed by atoms with Crippen LogP contribution in [-0.2, 0) is 24.3 Å². The molecule has 0 bridgehead atoms. The molecule has 2 amide bonds. The molecular weight excluding hydrogens is 571 g/mol. The van der Waals surface area contributed by atoms with Gasteiger partial charge in [0, 0.05) is 53.1 Å². The molecule has 222 valence electrons. The van der Waals surface area contributed by atoms with E-state index in [9.17, 15) is 19.1 Å². The molecule has 0 aliphatic carbocycles. The standard InChI is InChI=1S/C32H32ClFN6O3/c1-2-38-27-15-25(33)29(21-10-22(12-23(35)11-21)32(43)40-16-18-6-4-3-5-7-18)24(30(27)42)14-28(41)39-17-20-9-8-19(31(36)37)13-26(20)34/h3-13,15,38,42H,2,14,16-17,35H2,1H3,(H3,36,37)(H,39,41)(H,40,43). The Morgan fingerprint density at radius 1 is 0.977 bits per heavy atom. The molecule has 0 saturated heterocycles. The molecule has 4 aromatic carbocycles. The average molecular weight is 603 g/mol. The topological polar surface area (TPSA) is 166 Å². The van der Waals surface area contributed by atoms with Gasteiger partial charge in [-0.1, -0.05) is 54.1 Å². The maximum Gasteiger partial charge on any atom is 0.251 e. The number of nitrogens with one attached hydrogen (secondary N) is 4. The van der Waals surface area contributed by atoms with Crippen LogP contribution in [0.4, 0.5) is 15.8 Å². The number of carbonyl (C=O) groups excluding carboxylic acids is 2. The van der Waals surface area contributed by atoms with Crippen molar-refractivity contribution in [2.75, 3.05) is 17.6 Å². The predicted octanol–water partition coefficient (Wildman–Crippen LogP) is 4.94. The SMILES string of the molecule is CCNc1cc(Cl)c(-c2cc(N)cc(C(=O)NCc3ccccc3)c2)c(CC(=O)NCc2ccc(C(=N)N)cc2F)c1O. The zero-order chi connectivity index (χ0) is 31.1. The number of hydrogen-bond acceptors (Lipinski definition) is 6. The monoisotopic (exact) mass is 602 g/mol. The highest BCUT2D eigenvalue weighted by atomic mass is 35.5. The first-order chi connectivity index (χ1) is 20.6. The minimum Gasteiger partial charge on any atom is -0.505 e. The number of hydrogen-bond donors (Lipinski definition) is 7. The normalized spacial score (nSPS) is 10.7. The van der Waals surface area contributed by atoms with Crippen molar-refractivity contribution in [3.63, 3.8) is 0 Å². The summed E-state index contributed by atoms with van der Waals surface area (Å²) in [5, 5.41) is 27.4. The molecule has 0 aliphatic rings. The highest BCUT2D eigenvalue weighted by Crippen LogP contribution is 2.42. The van der Waals surface area contributed by atoms with E-state index in [1.165, 1.54) is 18.2 Å². The molecule has 0 aromatic heterocycles. The maximum absolute atomic E-state index is 14.5. The number of nitrogens with two attached hydrogens (primary N) is 2. The summed E-state index contributed by atoms with van der Waals surface area (Å²) >= 11 is 6.72. The fraction of sp³-hybridized carbons (Fsp3) is 0.156. The number of carbonyl (C=O) groups is 2. The second-order valence-corrected chi connectivity index (χ2v) is 10.2. The van der Waals surface area contributed by atoms with Crippen LogP contribution in [0.5, 0.6) is 5.75 Å². The van der Waals surface area contributed by atoms with Gasteiger partial charge in [0.1, 0.15) is 17.4 Å². The van der Waals surface area contributed by atoms with E-state index in [0.717, 1.165) is 11.6 Å². The van der Waals surface area contributed by atoms with Crippen molar-refractivity contribution in [3.8, 4) is 16.9 Å². The van der Waals surface area contributed by atoms with Gasteiger partial charge >= 0.3 is 0 Å². The molecule has 4 rings (SSSR count). The van der Waals surface area contributed by atoms with Gasteiger partial charge in [0.2, 0.25) is 5.91 Å². The second kappa shape index (κ2) is 13.7. The molecule has 0 radical (unpaired) electrons. The summed E-state index contributed by atoms with van der Waals surface area (Å²) in [6.07, 6.45) is -0.308. The third kappa shape index (κ3) is 7.60. The Kier molecular flexibility index (Phi) is 9.84. The number of nitrogen functional groups attached to an aromatic ring is 2. The number of halogens is 2. The summed E-state index contributed by atoms with van der Waals surface area (Å²) in [6.45, 7) is 2.50. The largest absolute Gasteiger partial charge is 0.505 e. The number of amidine groups is 1. The lowest BCUT2D eigenvalue weighted by Crippen LogP contribution is -2.25. The zero-order valence-electron chi connectivity index (χ0n) is 23.4. The molecule has 0 atom stereocenters. The van der Waals surface area contributed by atoms with Gasteiger partial charge in [0.15, 0.2) is 0 Å². The lowest BCUT2D eigenvalue weighted by atomic mass is 9.93. The Labute approximate surface area is 253 Å². The van der Waals surface area contributed by atoms with Gasteiger partial charge in [-0.3, -0.25) is 15.0 Å². The van der Waals surface area contributed by atoms with Gasteiger partial charge < -0.3 is 32.5 Å². The van der Waals surface area contributed by atoms with Crippen LogP contribution in [0, 0.1) is 11.2 Å². The Hall–Kier alpha value is -5.09. The van der Waals surface area contributed by atoms with E-state index in [2.05, 4.69) is 16.0 Å². The second-order valence-electron chi connectivity index (χ2n) is 9.82. The summed E-state index contributed by atoms with van der Waals surface area (Å²) in [5.41, 5.74) is 14.8. The van der Waals surface area contributed by atoms with Crippen molar-refractivity contribution in [1.29, 1.82) is 5.41 Å². The molecule has 9 N–H and O–H groups in total. The molecule has 43 heavy (non-hydrogen) atoms. The molecule has 0 heterocycles. The van der Waals surface area contributed by atoms with E-state index >= 15 is 0 Å². The molecule has 0 spiro atoms. The van der Waals surface area contributed by atoms with Crippen molar-refractivity contribution >= 4 is 40.6 Å². The van der Waals surface area contributed by atoms with E-state index in [4.69, 9.17) is 28.5 Å². The minimum atomic E-state index is -0.619. The Balaban J connectivity index is 1.63. The molecule has 9 nitrogen and oxygen atoms in total. The van der Waals surface area contributed by atoms with Crippen LogP contribution >= 0.6 is 11.6 Å². The van der Waals surface area contributed by atoms with Crippen molar-refractivity contribution in [2.24, 2.45) is 5.73 Å². The van der Waals surface area contributed by atoms with Crippen LogP contribution in [0.2, 0.25) is 5.02 Å². The van der Waals surface area contributed by atoms with E-state index in [-0.39, 0.29) is 63.4 Å². The number of phenolic OH excluding ortho intramolecular Hbond substituents is 1. The zero-order valence-corrected chi connectivity index (χ0v) is 24.2. The Morgan fingerprint density at radius 2 is 1.72 bits per heavy atom. The molecular formula is C32H32ClFN6O3. The van der Waals surface area contributed by atoms with Crippen molar-refractivity contribution < 1.29 is 19.1 Å². The van der Waals surface area contributed by atoms with Gasteiger partial charge in [-0.05, 0) is 48.4 Å². The summed E-state index contributed by atoms with van der Waals surface area (Å²) in [6, 6.07) is 19.8. The molecule has 11 heteroatoms. The lowest BCUT2D eigenvalue weighted by Gasteiger charge is -2.19. The van der Waals surface area contributed by atoms with Gasteiger partial charge in [0.25, 0.3) is 5.91 Å². The van der Waals surface area contributed by atoms with E-state index < -0.39 is 11.7 Å². The molecule has 0 saturated carbocycles. The predicted molar refractivity (Wildman–Crippen MR) is 168 cm³/mol. The van der Waals surface area contributed by atoms with Crippen LogP contribution in [-0.4, -0.2) is 29.3 Å². The summed E-state index contributed by atoms with van der Waals surface area (Å²) < 4.78 is 14.5. The van der Waals surface area contributed by atoms with Gasteiger partial charge in [-0.25, -0.2) is 4.39 Å². The highest BCUT2D eigenvalue weighted by molar-refractivity contribution is 6.34. The quantitative estimate of drug-likeness (QED) is 0.0556. The summed E-state index contributed by atoms with van der Waals surface area (Å²) in [5.74, 6) is -1.95. The first kappa shape index (κ1) is 30.9. The average Bonchev–Trinajstić information content (AvgIpc) is 2.98. The van der Waals surface area contributed by atoms with Crippen LogP contribution in [0.15, 0.2) is 72.8 Å². The number of amides is 2. The third-order valence-corrected chi connectivity index (χ3v) is 7.00. The van der Waals surface area contributed by atoms with Gasteiger partial charge in [0.05, 0.1) is 17.1 Å². The van der Waals surface area contributed by atoms with E-state index in [1.54, 1.807) is 18.2 Å². The van der Waals surface area contributed by atoms with Crippen LogP contribution < -0.4 is 27.4 Å². The van der Waals surface area contributed by atoms with Crippen molar-refractivity contribution in [3.05, 3.63) is 111 Å². The molecule has 0 fully saturated rings. The summed E-state index contributed by atoms with van der Waals surface area (Å²) in [7, 11) is 0. The van der Waals surface area contributed by atoms with E-state index in [0.29, 0.717) is 29.9 Å². The fourth-order valence-electron chi connectivity index (χ4n) is 4.58. The Morgan fingerprint density at radius 3 is 2.40 bits per heavy atom. The minimum absolute atomic E-state index is 0.135. The number of phenols is 1. The number of anilines is 2. The highest BCUT2D eigenvalue weighted by Gasteiger charge is 2.22.